The van der Waals surface area contributed by atoms with Crippen molar-refractivity contribution in [3.8, 4) is 0 Å². The van der Waals surface area contributed by atoms with Crippen molar-refractivity contribution in [3.63, 3.8) is 0 Å². The van der Waals surface area contributed by atoms with Crippen molar-refractivity contribution < 1.29 is 0 Å². The highest BCUT2D eigenvalue weighted by Gasteiger charge is 2.01. The van der Waals surface area contributed by atoms with Crippen LogP contribution in [0.15, 0.2) is 15.2 Å². The van der Waals surface area contributed by atoms with Crippen LogP contribution in [-0.2, 0) is 6.42 Å². The van der Waals surface area contributed by atoms with Gasteiger partial charge in [-0.05, 0) is 46.6 Å². The Bertz CT molecular complexity index is 220. The van der Waals surface area contributed by atoms with Crippen LogP contribution in [0.3, 0.4) is 0 Å². The molecule has 1 heterocycles. The Morgan fingerprint density at radius 1 is 1.64 bits per heavy atom. The average molecular weight is 234 g/mol. The lowest BCUT2D eigenvalue weighted by Gasteiger charge is -2.02. The second-order valence-electron chi connectivity index (χ2n) is 2.76. The van der Waals surface area contributed by atoms with Crippen LogP contribution in [0.2, 0.25) is 0 Å². The Morgan fingerprint density at radius 2 is 2.36 bits per heavy atom. The van der Waals surface area contributed by atoms with Gasteiger partial charge in [-0.3, -0.25) is 0 Å². The molecule has 1 aromatic rings. The van der Waals surface area contributed by atoms with Gasteiger partial charge in [0.25, 0.3) is 0 Å². The summed E-state index contributed by atoms with van der Waals surface area (Å²) in [5.74, 6) is 0. The predicted octanol–water partition coefficient (Wildman–Crippen LogP) is 2.79. The van der Waals surface area contributed by atoms with E-state index in [1.54, 1.807) is 11.3 Å². The maximum atomic E-state index is 5.65. The standard InChI is InChI=1S/C8H12BrNS/c1-6(10)2-3-7-4-11-5-8(7)9/h4-6H,2-3,10H2,1H3. The number of rotatable bonds is 3. The molecule has 1 unspecified atom stereocenters. The fraction of sp³-hybridized carbons (Fsp3) is 0.500. The summed E-state index contributed by atoms with van der Waals surface area (Å²) in [6.07, 6.45) is 2.15. The van der Waals surface area contributed by atoms with Crippen LogP contribution in [0.25, 0.3) is 0 Å². The zero-order valence-electron chi connectivity index (χ0n) is 6.51. The van der Waals surface area contributed by atoms with Crippen LogP contribution in [0.5, 0.6) is 0 Å². The quantitative estimate of drug-likeness (QED) is 0.855. The van der Waals surface area contributed by atoms with E-state index in [0.717, 1.165) is 12.8 Å². The number of nitrogens with two attached hydrogens (primary N) is 1. The van der Waals surface area contributed by atoms with Crippen molar-refractivity contribution in [3.05, 3.63) is 20.8 Å². The van der Waals surface area contributed by atoms with Crippen molar-refractivity contribution in [2.45, 2.75) is 25.8 Å². The van der Waals surface area contributed by atoms with E-state index in [-0.39, 0.29) is 0 Å². The summed E-state index contributed by atoms with van der Waals surface area (Å²) in [5.41, 5.74) is 7.03. The molecule has 3 heteroatoms. The van der Waals surface area contributed by atoms with Gasteiger partial charge in [-0.1, -0.05) is 0 Å². The van der Waals surface area contributed by atoms with E-state index < -0.39 is 0 Å². The molecule has 0 bridgehead atoms. The fourth-order valence-corrected chi connectivity index (χ4v) is 2.41. The summed E-state index contributed by atoms with van der Waals surface area (Å²) < 4.78 is 1.23. The molecule has 0 aromatic carbocycles. The van der Waals surface area contributed by atoms with Gasteiger partial charge in [-0.2, -0.15) is 11.3 Å². The molecule has 1 rings (SSSR count). The molecule has 0 fully saturated rings. The zero-order chi connectivity index (χ0) is 8.27. The summed E-state index contributed by atoms with van der Waals surface area (Å²) in [5, 5.41) is 4.28. The van der Waals surface area contributed by atoms with E-state index in [1.807, 2.05) is 6.92 Å². The second-order valence-corrected chi connectivity index (χ2v) is 4.36. The van der Waals surface area contributed by atoms with Crippen molar-refractivity contribution in [1.29, 1.82) is 0 Å². The normalized spacial score (nSPS) is 13.4. The molecule has 0 radical (unpaired) electrons. The van der Waals surface area contributed by atoms with Crippen molar-refractivity contribution in [1.82, 2.24) is 0 Å². The molecule has 0 aliphatic rings. The third kappa shape index (κ3) is 2.93. The molecule has 0 spiro atoms. The smallest absolute Gasteiger partial charge is 0.0314 e. The number of halogens is 1. The minimum absolute atomic E-state index is 0.307. The van der Waals surface area contributed by atoms with Gasteiger partial charge < -0.3 is 5.73 Å². The van der Waals surface area contributed by atoms with Gasteiger partial charge in [-0.15, -0.1) is 0 Å². The SMILES string of the molecule is CC(N)CCc1cscc1Br. The van der Waals surface area contributed by atoms with E-state index in [0.29, 0.717) is 6.04 Å². The second kappa shape index (κ2) is 4.24. The molecule has 1 nitrogen and oxygen atoms in total. The van der Waals surface area contributed by atoms with Gasteiger partial charge in [0.05, 0.1) is 0 Å². The lowest BCUT2D eigenvalue weighted by molar-refractivity contribution is 0.666. The monoisotopic (exact) mass is 233 g/mol. The Balaban J connectivity index is 2.44. The van der Waals surface area contributed by atoms with Gasteiger partial charge in [0.15, 0.2) is 0 Å². The molecule has 2 N–H and O–H groups in total. The van der Waals surface area contributed by atoms with Crippen LogP contribution in [0.4, 0.5) is 0 Å². The van der Waals surface area contributed by atoms with Crippen molar-refractivity contribution in [2.24, 2.45) is 5.73 Å². The molecular formula is C8H12BrNS. The average Bonchev–Trinajstić information content (AvgIpc) is 2.31. The maximum absolute atomic E-state index is 5.65. The molecule has 1 aromatic heterocycles. The number of thiophene rings is 1. The van der Waals surface area contributed by atoms with Gasteiger partial charge in [-0.25, -0.2) is 0 Å². The van der Waals surface area contributed by atoms with Crippen molar-refractivity contribution in [2.75, 3.05) is 0 Å². The van der Waals surface area contributed by atoms with Crippen LogP contribution < -0.4 is 5.73 Å². The largest absolute Gasteiger partial charge is 0.328 e. The molecule has 0 amide bonds. The van der Waals surface area contributed by atoms with E-state index in [1.165, 1.54) is 10.0 Å². The van der Waals surface area contributed by atoms with Crippen LogP contribution >= 0.6 is 27.3 Å². The first-order chi connectivity index (χ1) is 5.20. The fourth-order valence-electron chi connectivity index (χ4n) is 0.869. The van der Waals surface area contributed by atoms with E-state index in [4.69, 9.17) is 5.73 Å². The van der Waals surface area contributed by atoms with Crippen molar-refractivity contribution >= 4 is 27.3 Å². The first kappa shape index (κ1) is 9.23. The highest BCUT2D eigenvalue weighted by Crippen LogP contribution is 2.22. The van der Waals surface area contributed by atoms with Crippen LogP contribution in [0.1, 0.15) is 18.9 Å². The van der Waals surface area contributed by atoms with Crippen LogP contribution in [-0.4, -0.2) is 6.04 Å². The topological polar surface area (TPSA) is 26.0 Å². The third-order valence-corrected chi connectivity index (χ3v) is 3.39. The summed E-state index contributed by atoms with van der Waals surface area (Å²) in [6, 6.07) is 0.307. The molecule has 1 atom stereocenters. The first-order valence-corrected chi connectivity index (χ1v) is 5.40. The molecular weight excluding hydrogens is 222 g/mol. The Hall–Kier alpha value is 0.140. The number of hydrogen-bond acceptors (Lipinski definition) is 2. The van der Waals surface area contributed by atoms with Gasteiger partial charge in [0.2, 0.25) is 0 Å². The third-order valence-electron chi connectivity index (χ3n) is 1.56. The Morgan fingerprint density at radius 3 is 2.82 bits per heavy atom. The molecule has 0 aliphatic carbocycles. The Kier molecular flexibility index (Phi) is 3.55. The highest BCUT2D eigenvalue weighted by atomic mass is 79.9. The Labute approximate surface area is 79.7 Å². The summed E-state index contributed by atoms with van der Waals surface area (Å²) in [6.45, 7) is 2.04. The highest BCUT2D eigenvalue weighted by molar-refractivity contribution is 9.10. The number of aryl methyl sites for hydroxylation is 1. The molecule has 0 saturated carbocycles. The molecule has 0 aliphatic heterocycles. The lowest BCUT2D eigenvalue weighted by atomic mass is 10.1. The summed E-state index contributed by atoms with van der Waals surface area (Å²) in [4.78, 5) is 0. The summed E-state index contributed by atoms with van der Waals surface area (Å²) >= 11 is 5.22. The molecule has 62 valence electrons. The summed E-state index contributed by atoms with van der Waals surface area (Å²) in [7, 11) is 0. The van der Waals surface area contributed by atoms with E-state index in [2.05, 4.69) is 26.7 Å². The van der Waals surface area contributed by atoms with Gasteiger partial charge in [0.1, 0.15) is 0 Å². The lowest BCUT2D eigenvalue weighted by Crippen LogP contribution is -2.15. The minimum Gasteiger partial charge on any atom is -0.328 e. The van der Waals surface area contributed by atoms with Crippen LogP contribution in [0, 0.1) is 0 Å². The van der Waals surface area contributed by atoms with Gasteiger partial charge >= 0.3 is 0 Å². The van der Waals surface area contributed by atoms with Gasteiger partial charge in [0, 0.05) is 15.9 Å². The number of hydrogen-bond donors (Lipinski definition) is 1. The van der Waals surface area contributed by atoms with E-state index in [9.17, 15) is 0 Å². The maximum Gasteiger partial charge on any atom is 0.0314 e. The van der Waals surface area contributed by atoms with E-state index >= 15 is 0 Å². The first-order valence-electron chi connectivity index (χ1n) is 3.66. The molecule has 11 heavy (non-hydrogen) atoms. The molecule has 0 saturated heterocycles. The predicted molar refractivity (Wildman–Crippen MR) is 54.0 cm³/mol. The minimum atomic E-state index is 0.307. The zero-order valence-corrected chi connectivity index (χ0v) is 8.91.